The molecule has 1 N–H and O–H groups in total. The number of ether oxygens (including phenoxy) is 1. The smallest absolute Gasteiger partial charge is 0.175 e. The van der Waals surface area contributed by atoms with Crippen molar-refractivity contribution in [3.05, 3.63) is 48.0 Å². The summed E-state index contributed by atoms with van der Waals surface area (Å²) in [5, 5.41) is 3.62. The van der Waals surface area contributed by atoms with Gasteiger partial charge < -0.3 is 10.1 Å². The second kappa shape index (κ2) is 7.58. The van der Waals surface area contributed by atoms with E-state index in [4.69, 9.17) is 4.74 Å². The van der Waals surface area contributed by atoms with E-state index in [-0.39, 0.29) is 0 Å². The number of hydrogen-bond donors (Lipinski definition) is 1. The molecule has 25 heavy (non-hydrogen) atoms. The Bertz CT molecular complexity index is 823. The number of nitrogens with one attached hydrogen (secondary N) is 1. The topological polar surface area (TPSA) is 55.4 Å². The molecule has 0 amide bonds. The predicted molar refractivity (Wildman–Crippen MR) is 101 cm³/mol. The van der Waals surface area contributed by atoms with Gasteiger partial charge in [0.15, 0.2) is 9.84 Å². The third-order valence-corrected chi connectivity index (χ3v) is 5.94. The highest BCUT2D eigenvalue weighted by atomic mass is 32.2. The zero-order valence-corrected chi connectivity index (χ0v) is 15.6. The van der Waals surface area contributed by atoms with Crippen molar-refractivity contribution in [3.63, 3.8) is 0 Å². The molecule has 0 heterocycles. The van der Waals surface area contributed by atoms with Crippen molar-refractivity contribution < 1.29 is 13.2 Å². The van der Waals surface area contributed by atoms with E-state index < -0.39 is 9.84 Å². The normalized spacial score (nSPS) is 15.4. The van der Waals surface area contributed by atoms with Crippen LogP contribution in [-0.2, 0) is 16.4 Å². The fourth-order valence-electron chi connectivity index (χ4n) is 3.36. The van der Waals surface area contributed by atoms with E-state index in [9.17, 15) is 8.42 Å². The summed E-state index contributed by atoms with van der Waals surface area (Å²) < 4.78 is 28.8. The van der Waals surface area contributed by atoms with Crippen LogP contribution in [0, 0.1) is 0 Å². The van der Waals surface area contributed by atoms with Gasteiger partial charge in [0.05, 0.1) is 12.0 Å². The fourth-order valence-corrected chi connectivity index (χ4v) is 3.99. The number of rotatable bonds is 6. The molecule has 134 valence electrons. The Balaban J connectivity index is 1.84. The van der Waals surface area contributed by atoms with E-state index in [0.29, 0.717) is 10.9 Å². The molecule has 2 aromatic carbocycles. The van der Waals surface area contributed by atoms with Crippen molar-refractivity contribution in [3.8, 4) is 16.9 Å². The Labute approximate surface area is 150 Å². The molecule has 0 aromatic heterocycles. The van der Waals surface area contributed by atoms with Gasteiger partial charge in [0.25, 0.3) is 0 Å². The lowest BCUT2D eigenvalue weighted by molar-refractivity contribution is 0.416. The van der Waals surface area contributed by atoms with E-state index in [0.717, 1.165) is 23.4 Å². The zero-order chi connectivity index (χ0) is 17.9. The molecule has 5 heteroatoms. The third-order valence-electron chi connectivity index (χ3n) is 4.81. The summed E-state index contributed by atoms with van der Waals surface area (Å²) >= 11 is 0. The number of sulfone groups is 1. The maximum Gasteiger partial charge on any atom is 0.175 e. The van der Waals surface area contributed by atoms with Crippen LogP contribution in [0.3, 0.4) is 0 Å². The van der Waals surface area contributed by atoms with Crippen LogP contribution in [0.2, 0.25) is 0 Å². The van der Waals surface area contributed by atoms with Gasteiger partial charge in [0, 0.05) is 24.4 Å². The van der Waals surface area contributed by atoms with Gasteiger partial charge in [-0.2, -0.15) is 0 Å². The standard InChI is InChI=1S/C20H25NO3S/c1-24-20-12-7-15(14-21-17-5-3-4-6-17)13-19(20)16-8-10-18(11-9-16)25(2,22)23/h7-13,17,21H,3-6,14H2,1-2H3. The molecular formula is C20H25NO3S. The first-order valence-corrected chi connectivity index (χ1v) is 10.6. The fraction of sp³-hybridized carbons (Fsp3) is 0.400. The van der Waals surface area contributed by atoms with Crippen molar-refractivity contribution >= 4 is 9.84 Å². The maximum absolute atomic E-state index is 11.6. The highest BCUT2D eigenvalue weighted by Crippen LogP contribution is 2.32. The summed E-state index contributed by atoms with van der Waals surface area (Å²) in [7, 11) is -1.53. The van der Waals surface area contributed by atoms with E-state index in [1.807, 2.05) is 18.2 Å². The van der Waals surface area contributed by atoms with Gasteiger partial charge in [-0.1, -0.05) is 31.0 Å². The van der Waals surface area contributed by atoms with Gasteiger partial charge in [0.2, 0.25) is 0 Å². The van der Waals surface area contributed by atoms with E-state index >= 15 is 0 Å². The van der Waals surface area contributed by atoms with Crippen molar-refractivity contribution in [2.24, 2.45) is 0 Å². The molecule has 1 fully saturated rings. The number of hydrogen-bond acceptors (Lipinski definition) is 4. The van der Waals surface area contributed by atoms with Crippen molar-refractivity contribution in [2.75, 3.05) is 13.4 Å². The Morgan fingerprint density at radius 2 is 1.76 bits per heavy atom. The SMILES string of the molecule is COc1ccc(CNC2CCCC2)cc1-c1ccc(S(C)(=O)=O)cc1. The van der Waals surface area contributed by atoms with Gasteiger partial charge >= 0.3 is 0 Å². The number of benzene rings is 2. The monoisotopic (exact) mass is 359 g/mol. The van der Waals surface area contributed by atoms with Crippen LogP contribution >= 0.6 is 0 Å². The molecule has 0 aliphatic heterocycles. The third kappa shape index (κ3) is 4.41. The molecule has 0 bridgehead atoms. The first-order chi connectivity index (χ1) is 12.0. The first-order valence-electron chi connectivity index (χ1n) is 8.68. The summed E-state index contributed by atoms with van der Waals surface area (Å²) in [6.07, 6.45) is 6.38. The summed E-state index contributed by atoms with van der Waals surface area (Å²) in [4.78, 5) is 0.328. The number of methoxy groups -OCH3 is 1. The van der Waals surface area contributed by atoms with E-state index in [1.54, 1.807) is 19.2 Å². The van der Waals surface area contributed by atoms with Gasteiger partial charge in [0.1, 0.15) is 5.75 Å². The van der Waals surface area contributed by atoms with Crippen LogP contribution in [0.1, 0.15) is 31.2 Å². The van der Waals surface area contributed by atoms with Crippen LogP contribution in [0.4, 0.5) is 0 Å². The average molecular weight is 359 g/mol. The summed E-state index contributed by atoms with van der Waals surface area (Å²) in [5.74, 6) is 0.789. The van der Waals surface area contributed by atoms with Crippen LogP contribution in [0.25, 0.3) is 11.1 Å². The van der Waals surface area contributed by atoms with Gasteiger partial charge in [-0.25, -0.2) is 8.42 Å². The van der Waals surface area contributed by atoms with Gasteiger partial charge in [-0.05, 0) is 48.2 Å². The molecule has 1 saturated carbocycles. The largest absolute Gasteiger partial charge is 0.496 e. The summed E-state index contributed by atoms with van der Waals surface area (Å²) in [6.45, 7) is 0.836. The van der Waals surface area contributed by atoms with Crippen molar-refractivity contribution in [1.29, 1.82) is 0 Å². The molecule has 0 radical (unpaired) electrons. The highest BCUT2D eigenvalue weighted by Gasteiger charge is 2.15. The lowest BCUT2D eigenvalue weighted by atomic mass is 10.0. The summed E-state index contributed by atoms with van der Waals surface area (Å²) in [6, 6.07) is 13.8. The molecule has 0 spiro atoms. The van der Waals surface area contributed by atoms with Crippen LogP contribution < -0.4 is 10.1 Å². The minimum absolute atomic E-state index is 0.328. The molecule has 4 nitrogen and oxygen atoms in total. The molecule has 1 aliphatic carbocycles. The van der Waals surface area contributed by atoms with Crippen molar-refractivity contribution in [1.82, 2.24) is 5.32 Å². The Morgan fingerprint density at radius 3 is 2.36 bits per heavy atom. The second-order valence-corrected chi connectivity index (χ2v) is 8.71. The Kier molecular flexibility index (Phi) is 5.45. The van der Waals surface area contributed by atoms with Crippen molar-refractivity contribution in [2.45, 2.75) is 43.2 Å². The lowest BCUT2D eigenvalue weighted by Gasteiger charge is -2.14. The summed E-state index contributed by atoms with van der Waals surface area (Å²) in [5.41, 5.74) is 3.13. The van der Waals surface area contributed by atoms with Gasteiger partial charge in [-0.3, -0.25) is 0 Å². The molecule has 1 aliphatic rings. The average Bonchev–Trinajstić information content (AvgIpc) is 3.12. The van der Waals surface area contributed by atoms with Crippen LogP contribution in [-0.4, -0.2) is 27.8 Å². The molecule has 2 aromatic rings. The molecule has 3 rings (SSSR count). The first kappa shape index (κ1) is 18.0. The zero-order valence-electron chi connectivity index (χ0n) is 14.8. The maximum atomic E-state index is 11.6. The van der Waals surface area contributed by atoms with Crippen LogP contribution in [0.5, 0.6) is 5.75 Å². The quantitative estimate of drug-likeness (QED) is 0.852. The van der Waals surface area contributed by atoms with Crippen LogP contribution in [0.15, 0.2) is 47.4 Å². The second-order valence-electron chi connectivity index (χ2n) is 6.69. The predicted octanol–water partition coefficient (Wildman–Crippen LogP) is 3.80. The van der Waals surface area contributed by atoms with E-state index in [1.165, 1.54) is 37.5 Å². The highest BCUT2D eigenvalue weighted by molar-refractivity contribution is 7.90. The minimum Gasteiger partial charge on any atom is -0.496 e. The molecule has 0 atom stereocenters. The minimum atomic E-state index is -3.18. The lowest BCUT2D eigenvalue weighted by Crippen LogP contribution is -2.25. The Morgan fingerprint density at radius 1 is 1.08 bits per heavy atom. The van der Waals surface area contributed by atoms with Gasteiger partial charge in [-0.15, -0.1) is 0 Å². The molecule has 0 unspecified atom stereocenters. The Hall–Kier alpha value is -1.85. The van der Waals surface area contributed by atoms with E-state index in [2.05, 4.69) is 17.4 Å². The molecule has 0 saturated heterocycles. The molecular weight excluding hydrogens is 334 g/mol.